The van der Waals surface area contributed by atoms with E-state index in [1.807, 2.05) is 6.08 Å². The smallest absolute Gasteiger partial charge is 0.188 e. The van der Waals surface area contributed by atoms with Crippen LogP contribution in [0.4, 0.5) is 0 Å². The lowest BCUT2D eigenvalue weighted by Crippen LogP contribution is -1.97. The maximum Gasteiger partial charge on any atom is 0.188 e. The molecule has 0 radical (unpaired) electrons. The first-order chi connectivity index (χ1) is 6.91. The Bertz CT molecular complexity index is 121. The summed E-state index contributed by atoms with van der Waals surface area (Å²) in [6.45, 7) is 5.57. The van der Waals surface area contributed by atoms with E-state index >= 15 is 0 Å². The summed E-state index contributed by atoms with van der Waals surface area (Å²) in [4.78, 5) is 0. The summed E-state index contributed by atoms with van der Waals surface area (Å²) in [6, 6.07) is 0. The minimum atomic E-state index is 0.395. The normalized spacial score (nSPS) is 11.0. The van der Waals surface area contributed by atoms with Gasteiger partial charge in [0.2, 0.25) is 0 Å². The van der Waals surface area contributed by atoms with Gasteiger partial charge in [0.1, 0.15) is 0 Å². The van der Waals surface area contributed by atoms with Gasteiger partial charge in [0.05, 0.1) is 12.9 Å². The van der Waals surface area contributed by atoms with E-state index in [9.17, 15) is 0 Å². The van der Waals surface area contributed by atoms with Gasteiger partial charge in [-0.25, -0.2) is 0 Å². The third-order valence-electron chi connectivity index (χ3n) is 1.94. The summed E-state index contributed by atoms with van der Waals surface area (Å²) >= 11 is 0. The molecule has 0 aromatic carbocycles. The van der Waals surface area contributed by atoms with Crippen LogP contribution in [0.3, 0.4) is 0 Å². The van der Waals surface area contributed by atoms with Crippen molar-refractivity contribution in [1.29, 1.82) is 0 Å². The van der Waals surface area contributed by atoms with Crippen LogP contribution < -0.4 is 0 Å². The van der Waals surface area contributed by atoms with E-state index in [1.165, 1.54) is 19.3 Å². The summed E-state index contributed by atoms with van der Waals surface area (Å²) in [5.41, 5.74) is 0. The zero-order valence-corrected chi connectivity index (χ0v) is 9.63. The lowest BCUT2D eigenvalue weighted by Gasteiger charge is -2.02. The van der Waals surface area contributed by atoms with E-state index in [1.54, 1.807) is 6.26 Å². The predicted octanol–water partition coefficient (Wildman–Crippen LogP) is 3.87. The second-order valence-corrected chi connectivity index (χ2v) is 3.41. The van der Waals surface area contributed by atoms with Crippen LogP contribution in [0, 0.1) is 0 Å². The van der Waals surface area contributed by atoms with Crippen LogP contribution in [0.5, 0.6) is 0 Å². The van der Waals surface area contributed by atoms with Gasteiger partial charge in [0, 0.05) is 0 Å². The Morgan fingerprint density at radius 3 is 2.57 bits per heavy atom. The van der Waals surface area contributed by atoms with Gasteiger partial charge < -0.3 is 9.47 Å². The summed E-state index contributed by atoms with van der Waals surface area (Å²) in [5.74, 6) is 0. The fourth-order valence-electron chi connectivity index (χ4n) is 1.08. The fourth-order valence-corrected chi connectivity index (χ4v) is 1.08. The first-order valence-electron chi connectivity index (χ1n) is 5.76. The summed E-state index contributed by atoms with van der Waals surface area (Å²) < 4.78 is 10.4. The highest BCUT2D eigenvalue weighted by Crippen LogP contribution is 1.98. The molecule has 0 spiro atoms. The number of hydrogen-bond donors (Lipinski definition) is 0. The largest absolute Gasteiger partial charge is 0.475 e. The molecule has 84 valence electrons. The third-order valence-corrected chi connectivity index (χ3v) is 1.94. The lowest BCUT2D eigenvalue weighted by atomic mass is 10.2. The zero-order valence-electron chi connectivity index (χ0n) is 9.63. The standard InChI is InChI=1S/C12H24O2/c1-3-5-7-9-11-14-12-13-10-8-6-4-2/h8,10H,3-7,9,11-12H2,1-2H3. The molecule has 0 saturated heterocycles. The Hall–Kier alpha value is -0.500. The number of rotatable bonds is 10. The van der Waals surface area contributed by atoms with Crippen molar-refractivity contribution < 1.29 is 9.47 Å². The minimum absolute atomic E-state index is 0.395. The van der Waals surface area contributed by atoms with Crippen molar-refractivity contribution >= 4 is 0 Å². The van der Waals surface area contributed by atoms with E-state index in [4.69, 9.17) is 9.47 Å². The molecule has 0 aromatic rings. The van der Waals surface area contributed by atoms with Crippen molar-refractivity contribution in [3.05, 3.63) is 12.3 Å². The van der Waals surface area contributed by atoms with Gasteiger partial charge in [-0.1, -0.05) is 39.5 Å². The molecule has 0 amide bonds. The Labute approximate surface area is 88.3 Å². The topological polar surface area (TPSA) is 18.5 Å². The Balaban J connectivity index is 2.91. The molecule has 0 atom stereocenters. The molecule has 2 nitrogen and oxygen atoms in total. The van der Waals surface area contributed by atoms with E-state index in [2.05, 4.69) is 13.8 Å². The van der Waals surface area contributed by atoms with Crippen molar-refractivity contribution in [1.82, 2.24) is 0 Å². The number of hydrogen-bond acceptors (Lipinski definition) is 2. The molecule has 0 saturated carbocycles. The van der Waals surface area contributed by atoms with Crippen molar-refractivity contribution in [2.75, 3.05) is 13.4 Å². The second kappa shape index (κ2) is 12.5. The molecular weight excluding hydrogens is 176 g/mol. The highest BCUT2D eigenvalue weighted by Gasteiger charge is 1.87. The van der Waals surface area contributed by atoms with Gasteiger partial charge in [0.25, 0.3) is 0 Å². The van der Waals surface area contributed by atoms with Crippen LogP contribution in [0.2, 0.25) is 0 Å². The van der Waals surface area contributed by atoms with Crippen molar-refractivity contribution in [3.8, 4) is 0 Å². The third kappa shape index (κ3) is 11.5. The average Bonchev–Trinajstić information content (AvgIpc) is 2.21. The molecule has 0 rings (SSSR count). The summed E-state index contributed by atoms with van der Waals surface area (Å²) in [7, 11) is 0. The maximum absolute atomic E-state index is 5.29. The average molecular weight is 200 g/mol. The van der Waals surface area contributed by atoms with E-state index in [0.29, 0.717) is 6.79 Å². The van der Waals surface area contributed by atoms with E-state index in [-0.39, 0.29) is 0 Å². The summed E-state index contributed by atoms with van der Waals surface area (Å²) in [5, 5.41) is 0. The second-order valence-electron chi connectivity index (χ2n) is 3.41. The SMILES string of the molecule is CCCC=COCOCCCCCC. The van der Waals surface area contributed by atoms with Gasteiger partial charge in [-0.05, 0) is 18.9 Å². The number of ether oxygens (including phenoxy) is 2. The molecule has 0 N–H and O–H groups in total. The Morgan fingerprint density at radius 1 is 1.00 bits per heavy atom. The highest BCUT2D eigenvalue weighted by molar-refractivity contribution is 4.71. The van der Waals surface area contributed by atoms with Crippen LogP contribution in [0.1, 0.15) is 52.4 Å². The van der Waals surface area contributed by atoms with Crippen LogP contribution in [-0.2, 0) is 9.47 Å². The van der Waals surface area contributed by atoms with Gasteiger partial charge in [-0.2, -0.15) is 0 Å². The van der Waals surface area contributed by atoms with Crippen molar-refractivity contribution in [2.45, 2.75) is 52.4 Å². The quantitative estimate of drug-likeness (QED) is 0.303. The highest BCUT2D eigenvalue weighted by atomic mass is 16.7. The van der Waals surface area contributed by atoms with Gasteiger partial charge >= 0.3 is 0 Å². The molecular formula is C12H24O2. The van der Waals surface area contributed by atoms with Crippen molar-refractivity contribution in [3.63, 3.8) is 0 Å². The molecule has 0 bridgehead atoms. The minimum Gasteiger partial charge on any atom is -0.475 e. The molecule has 2 heteroatoms. The first kappa shape index (κ1) is 13.5. The fraction of sp³-hybridized carbons (Fsp3) is 0.833. The number of unbranched alkanes of at least 4 members (excludes halogenated alkanes) is 4. The van der Waals surface area contributed by atoms with Crippen LogP contribution in [-0.4, -0.2) is 13.4 Å². The lowest BCUT2D eigenvalue weighted by molar-refractivity contribution is -0.0128. The Morgan fingerprint density at radius 2 is 1.86 bits per heavy atom. The molecule has 0 unspecified atom stereocenters. The van der Waals surface area contributed by atoms with Gasteiger partial charge in [-0.15, -0.1) is 0 Å². The summed E-state index contributed by atoms with van der Waals surface area (Å²) in [6.07, 6.45) is 11.0. The zero-order chi connectivity index (χ0) is 10.5. The molecule has 0 fully saturated rings. The molecule has 0 aliphatic heterocycles. The molecule has 14 heavy (non-hydrogen) atoms. The maximum atomic E-state index is 5.29. The first-order valence-corrected chi connectivity index (χ1v) is 5.76. The molecule has 0 heterocycles. The predicted molar refractivity (Wildman–Crippen MR) is 60.1 cm³/mol. The number of allylic oxidation sites excluding steroid dienone is 1. The van der Waals surface area contributed by atoms with E-state index < -0.39 is 0 Å². The van der Waals surface area contributed by atoms with Crippen molar-refractivity contribution in [2.24, 2.45) is 0 Å². The Kier molecular flexibility index (Phi) is 12.1. The van der Waals surface area contributed by atoms with E-state index in [0.717, 1.165) is 25.9 Å². The monoisotopic (exact) mass is 200 g/mol. The van der Waals surface area contributed by atoms with Gasteiger partial charge in [-0.3, -0.25) is 0 Å². The van der Waals surface area contributed by atoms with Gasteiger partial charge in [0.15, 0.2) is 6.79 Å². The van der Waals surface area contributed by atoms with Crippen LogP contribution in [0.25, 0.3) is 0 Å². The molecule has 0 aromatic heterocycles. The van der Waals surface area contributed by atoms with Crippen LogP contribution in [0.15, 0.2) is 12.3 Å². The molecule has 0 aliphatic carbocycles. The molecule has 0 aliphatic rings. The van der Waals surface area contributed by atoms with Crippen LogP contribution >= 0.6 is 0 Å².